The molecule has 2 aromatic carbocycles. The molecule has 0 atom stereocenters. The minimum atomic E-state index is -0.482. The lowest BCUT2D eigenvalue weighted by molar-refractivity contribution is 0.175. The molecule has 1 nitrogen and oxygen atoms in total. The zero-order valence-corrected chi connectivity index (χ0v) is 11.3. The molecule has 0 bridgehead atoms. The summed E-state index contributed by atoms with van der Waals surface area (Å²) in [7, 11) is 0. The largest absolute Gasteiger partial charge is 0.392 e. The molecule has 3 heteroatoms. The van der Waals surface area contributed by atoms with Gasteiger partial charge in [0.2, 0.25) is 0 Å². The summed E-state index contributed by atoms with van der Waals surface area (Å²) in [5.41, 5.74) is 1.91. The lowest BCUT2D eigenvalue weighted by Gasteiger charge is -2.12. The van der Waals surface area contributed by atoms with Crippen molar-refractivity contribution in [2.45, 2.75) is 18.9 Å². The molecule has 0 radical (unpaired) electrons. The van der Waals surface area contributed by atoms with Crippen LogP contribution < -0.4 is 0 Å². The van der Waals surface area contributed by atoms with E-state index in [1.165, 1.54) is 0 Å². The standard InChI is InChI=1S/C15H14Cl2O/c16-14-7-3-1-5-11(14)9-13(18)10-12-6-2-4-8-15(12)17/h1-8,13,18H,9-10H2. The van der Waals surface area contributed by atoms with Gasteiger partial charge in [-0.05, 0) is 23.3 Å². The Bertz CT molecular complexity index is 478. The summed E-state index contributed by atoms with van der Waals surface area (Å²) in [6, 6.07) is 15.1. The van der Waals surface area contributed by atoms with E-state index < -0.39 is 6.10 Å². The highest BCUT2D eigenvalue weighted by Gasteiger charge is 2.10. The maximum Gasteiger partial charge on any atom is 0.0621 e. The fourth-order valence-corrected chi connectivity index (χ4v) is 2.33. The van der Waals surface area contributed by atoms with E-state index in [-0.39, 0.29) is 0 Å². The normalized spacial score (nSPS) is 10.9. The SMILES string of the molecule is OC(Cc1ccccc1Cl)Cc1ccccc1Cl. The Kier molecular flexibility index (Phi) is 4.65. The smallest absolute Gasteiger partial charge is 0.0621 e. The fraction of sp³-hybridized carbons (Fsp3) is 0.200. The Hall–Kier alpha value is -1.02. The molecule has 0 saturated carbocycles. The molecule has 1 N–H and O–H groups in total. The van der Waals surface area contributed by atoms with E-state index in [9.17, 15) is 5.11 Å². The number of aliphatic hydroxyl groups is 1. The van der Waals surface area contributed by atoms with Crippen LogP contribution in [-0.4, -0.2) is 11.2 Å². The maximum atomic E-state index is 10.1. The molecular formula is C15H14Cl2O. The van der Waals surface area contributed by atoms with Crippen LogP contribution in [0.1, 0.15) is 11.1 Å². The van der Waals surface area contributed by atoms with Gasteiger partial charge in [-0.3, -0.25) is 0 Å². The number of hydrogen-bond acceptors (Lipinski definition) is 1. The molecule has 0 unspecified atom stereocenters. The Balaban J connectivity index is 2.04. The van der Waals surface area contributed by atoms with Gasteiger partial charge < -0.3 is 5.11 Å². The van der Waals surface area contributed by atoms with Gasteiger partial charge in [-0.15, -0.1) is 0 Å². The Labute approximate surface area is 117 Å². The molecule has 2 aromatic rings. The van der Waals surface area contributed by atoms with Gasteiger partial charge >= 0.3 is 0 Å². The van der Waals surface area contributed by atoms with E-state index in [0.717, 1.165) is 11.1 Å². The summed E-state index contributed by atoms with van der Waals surface area (Å²) in [6.07, 6.45) is 0.584. The van der Waals surface area contributed by atoms with Crippen molar-refractivity contribution in [3.8, 4) is 0 Å². The average Bonchev–Trinajstić information content (AvgIpc) is 2.35. The molecule has 0 aliphatic carbocycles. The first-order valence-electron chi connectivity index (χ1n) is 5.81. The predicted molar refractivity (Wildman–Crippen MR) is 76.3 cm³/mol. The van der Waals surface area contributed by atoms with Gasteiger partial charge in [0, 0.05) is 22.9 Å². The van der Waals surface area contributed by atoms with Crippen LogP contribution in [0, 0.1) is 0 Å². The predicted octanol–water partition coefficient (Wildman–Crippen LogP) is 4.14. The lowest BCUT2D eigenvalue weighted by Crippen LogP contribution is -2.14. The summed E-state index contributed by atoms with van der Waals surface area (Å²) in [5.74, 6) is 0. The fourth-order valence-electron chi connectivity index (χ4n) is 1.91. The molecule has 0 heterocycles. The first kappa shape index (κ1) is 13.4. The van der Waals surface area contributed by atoms with E-state index in [4.69, 9.17) is 23.2 Å². The summed E-state index contributed by atoms with van der Waals surface area (Å²) < 4.78 is 0. The number of rotatable bonds is 4. The third-order valence-corrected chi connectivity index (χ3v) is 3.56. The minimum Gasteiger partial charge on any atom is -0.392 e. The monoisotopic (exact) mass is 280 g/mol. The number of halogens is 2. The van der Waals surface area contributed by atoms with E-state index >= 15 is 0 Å². The topological polar surface area (TPSA) is 20.2 Å². The van der Waals surface area contributed by atoms with Gasteiger partial charge in [0.05, 0.1) is 6.10 Å². The van der Waals surface area contributed by atoms with Crippen molar-refractivity contribution < 1.29 is 5.11 Å². The number of hydrogen-bond donors (Lipinski definition) is 1. The summed E-state index contributed by atoms with van der Waals surface area (Å²) in [4.78, 5) is 0. The van der Waals surface area contributed by atoms with E-state index in [1.807, 2.05) is 48.5 Å². The molecule has 18 heavy (non-hydrogen) atoms. The third-order valence-electron chi connectivity index (χ3n) is 2.83. The van der Waals surface area contributed by atoms with Crippen LogP contribution >= 0.6 is 23.2 Å². The van der Waals surface area contributed by atoms with Gasteiger partial charge in [0.15, 0.2) is 0 Å². The van der Waals surface area contributed by atoms with Crippen molar-refractivity contribution in [2.75, 3.05) is 0 Å². The van der Waals surface area contributed by atoms with E-state index in [2.05, 4.69) is 0 Å². The number of benzene rings is 2. The van der Waals surface area contributed by atoms with Crippen molar-refractivity contribution in [1.82, 2.24) is 0 Å². The molecule has 94 valence electrons. The average molecular weight is 281 g/mol. The molecule has 0 aromatic heterocycles. The first-order valence-corrected chi connectivity index (χ1v) is 6.57. The molecular weight excluding hydrogens is 267 g/mol. The molecule has 0 fully saturated rings. The van der Waals surface area contributed by atoms with Gasteiger partial charge in [-0.1, -0.05) is 59.6 Å². The third kappa shape index (κ3) is 3.49. The van der Waals surface area contributed by atoms with Gasteiger partial charge in [-0.2, -0.15) is 0 Å². The van der Waals surface area contributed by atoms with Crippen LogP contribution in [0.4, 0.5) is 0 Å². The minimum absolute atomic E-state index is 0.482. The van der Waals surface area contributed by atoms with Crippen molar-refractivity contribution in [1.29, 1.82) is 0 Å². The zero-order valence-electron chi connectivity index (χ0n) is 9.81. The van der Waals surface area contributed by atoms with Crippen LogP contribution in [0.25, 0.3) is 0 Å². The van der Waals surface area contributed by atoms with Crippen molar-refractivity contribution in [3.05, 3.63) is 69.7 Å². The summed E-state index contributed by atoms with van der Waals surface area (Å²) in [6.45, 7) is 0. The Morgan fingerprint density at radius 1 is 0.778 bits per heavy atom. The molecule has 0 aliphatic rings. The molecule has 0 spiro atoms. The van der Waals surface area contributed by atoms with Crippen LogP contribution in [0.15, 0.2) is 48.5 Å². The second kappa shape index (κ2) is 6.24. The molecule has 0 amide bonds. The second-order valence-electron chi connectivity index (χ2n) is 4.24. The first-order chi connectivity index (χ1) is 8.66. The highest BCUT2D eigenvalue weighted by Crippen LogP contribution is 2.20. The van der Waals surface area contributed by atoms with E-state index in [1.54, 1.807) is 0 Å². The number of aliphatic hydroxyl groups excluding tert-OH is 1. The van der Waals surface area contributed by atoms with Crippen molar-refractivity contribution in [3.63, 3.8) is 0 Å². The van der Waals surface area contributed by atoms with Crippen molar-refractivity contribution in [2.24, 2.45) is 0 Å². The Morgan fingerprint density at radius 3 is 1.56 bits per heavy atom. The highest BCUT2D eigenvalue weighted by molar-refractivity contribution is 6.31. The molecule has 0 aliphatic heterocycles. The highest BCUT2D eigenvalue weighted by atomic mass is 35.5. The van der Waals surface area contributed by atoms with Crippen LogP contribution in [0.5, 0.6) is 0 Å². The van der Waals surface area contributed by atoms with Gasteiger partial charge in [0.1, 0.15) is 0 Å². The van der Waals surface area contributed by atoms with Gasteiger partial charge in [-0.25, -0.2) is 0 Å². The summed E-state index contributed by atoms with van der Waals surface area (Å²) in [5, 5.41) is 11.5. The quantitative estimate of drug-likeness (QED) is 0.893. The van der Waals surface area contributed by atoms with Gasteiger partial charge in [0.25, 0.3) is 0 Å². The second-order valence-corrected chi connectivity index (χ2v) is 5.06. The lowest BCUT2D eigenvalue weighted by atomic mass is 10.0. The molecule has 2 rings (SSSR count). The van der Waals surface area contributed by atoms with Crippen molar-refractivity contribution >= 4 is 23.2 Å². The summed E-state index contributed by atoms with van der Waals surface area (Å²) >= 11 is 12.1. The zero-order chi connectivity index (χ0) is 13.0. The Morgan fingerprint density at radius 2 is 1.17 bits per heavy atom. The maximum absolute atomic E-state index is 10.1. The van der Waals surface area contributed by atoms with Crippen LogP contribution in [0.2, 0.25) is 10.0 Å². The van der Waals surface area contributed by atoms with Crippen LogP contribution in [-0.2, 0) is 12.8 Å². The van der Waals surface area contributed by atoms with Crippen LogP contribution in [0.3, 0.4) is 0 Å². The van der Waals surface area contributed by atoms with E-state index in [0.29, 0.717) is 22.9 Å². The molecule has 0 saturated heterocycles.